The summed E-state index contributed by atoms with van der Waals surface area (Å²) in [6, 6.07) is 3.77. The molecule has 0 aliphatic heterocycles. The third-order valence-electron chi connectivity index (χ3n) is 1.62. The van der Waals surface area contributed by atoms with Crippen LogP contribution >= 0.6 is 11.3 Å². The Morgan fingerprint density at radius 1 is 1.50 bits per heavy atom. The monoisotopic (exact) mass is 214 g/mol. The van der Waals surface area contributed by atoms with Crippen molar-refractivity contribution >= 4 is 17.4 Å². The van der Waals surface area contributed by atoms with E-state index >= 15 is 0 Å². The van der Waals surface area contributed by atoms with Gasteiger partial charge < -0.3 is 15.7 Å². The van der Waals surface area contributed by atoms with Gasteiger partial charge in [0.15, 0.2) is 0 Å². The molecular weight excluding hydrogens is 200 g/mol. The molecule has 3 N–H and O–H groups in total. The Morgan fingerprint density at radius 2 is 2.29 bits per heavy atom. The molecule has 0 aromatic carbocycles. The molecule has 0 saturated heterocycles. The van der Waals surface area contributed by atoms with Gasteiger partial charge in [0.2, 0.25) is 0 Å². The SMILES string of the molecule is Cc1ccc(CNC(=O)NCCO)s1. The van der Waals surface area contributed by atoms with Crippen LogP contribution in [0.1, 0.15) is 9.75 Å². The van der Waals surface area contributed by atoms with E-state index in [-0.39, 0.29) is 19.2 Å². The number of hydrogen-bond donors (Lipinski definition) is 3. The van der Waals surface area contributed by atoms with E-state index in [0.717, 1.165) is 4.88 Å². The van der Waals surface area contributed by atoms with Crippen LogP contribution in [0.15, 0.2) is 12.1 Å². The summed E-state index contributed by atoms with van der Waals surface area (Å²) < 4.78 is 0. The van der Waals surface area contributed by atoms with Crippen molar-refractivity contribution in [3.63, 3.8) is 0 Å². The third-order valence-corrected chi connectivity index (χ3v) is 2.62. The van der Waals surface area contributed by atoms with Crippen LogP contribution in [0.3, 0.4) is 0 Å². The lowest BCUT2D eigenvalue weighted by atomic mass is 10.4. The summed E-state index contributed by atoms with van der Waals surface area (Å²) in [5, 5.41) is 13.7. The molecule has 1 aromatic rings. The van der Waals surface area contributed by atoms with E-state index < -0.39 is 0 Å². The van der Waals surface area contributed by atoms with Gasteiger partial charge in [-0.15, -0.1) is 11.3 Å². The fourth-order valence-electron chi connectivity index (χ4n) is 0.979. The van der Waals surface area contributed by atoms with Gasteiger partial charge in [0.25, 0.3) is 0 Å². The molecule has 0 spiro atoms. The predicted octanol–water partition coefficient (Wildman–Crippen LogP) is 0.848. The molecule has 0 saturated carbocycles. The van der Waals surface area contributed by atoms with Crippen LogP contribution < -0.4 is 10.6 Å². The average molecular weight is 214 g/mol. The molecule has 0 aliphatic rings. The van der Waals surface area contributed by atoms with Crippen LogP contribution in [0.4, 0.5) is 4.79 Å². The van der Waals surface area contributed by atoms with Gasteiger partial charge in [-0.2, -0.15) is 0 Å². The minimum Gasteiger partial charge on any atom is -0.395 e. The largest absolute Gasteiger partial charge is 0.395 e. The molecule has 4 nitrogen and oxygen atoms in total. The van der Waals surface area contributed by atoms with Crippen molar-refractivity contribution in [2.75, 3.05) is 13.2 Å². The molecule has 1 heterocycles. The highest BCUT2D eigenvalue weighted by molar-refractivity contribution is 7.11. The third kappa shape index (κ3) is 3.76. The number of aryl methyl sites for hydroxylation is 1. The van der Waals surface area contributed by atoms with E-state index in [9.17, 15) is 4.79 Å². The van der Waals surface area contributed by atoms with Crippen molar-refractivity contribution in [3.8, 4) is 0 Å². The fourth-order valence-corrected chi connectivity index (χ4v) is 1.81. The van der Waals surface area contributed by atoms with E-state index in [0.29, 0.717) is 6.54 Å². The second-order valence-electron chi connectivity index (χ2n) is 2.85. The maximum Gasteiger partial charge on any atom is 0.315 e. The Hall–Kier alpha value is -1.07. The molecule has 14 heavy (non-hydrogen) atoms. The number of aliphatic hydroxyl groups excluding tert-OH is 1. The molecule has 0 aliphatic carbocycles. The number of rotatable bonds is 4. The van der Waals surface area contributed by atoms with Gasteiger partial charge in [0, 0.05) is 16.3 Å². The van der Waals surface area contributed by atoms with Gasteiger partial charge in [-0.3, -0.25) is 0 Å². The van der Waals surface area contributed by atoms with Crippen molar-refractivity contribution in [1.29, 1.82) is 0 Å². The Balaban J connectivity index is 2.23. The van der Waals surface area contributed by atoms with E-state index in [1.54, 1.807) is 11.3 Å². The van der Waals surface area contributed by atoms with Crippen LogP contribution in [-0.2, 0) is 6.54 Å². The number of nitrogens with one attached hydrogen (secondary N) is 2. The summed E-state index contributed by atoms with van der Waals surface area (Å²) in [7, 11) is 0. The molecule has 0 bridgehead atoms. The first kappa shape index (κ1) is 11.0. The van der Waals surface area contributed by atoms with E-state index in [1.165, 1.54) is 4.88 Å². The quantitative estimate of drug-likeness (QED) is 0.695. The molecule has 0 radical (unpaired) electrons. The van der Waals surface area contributed by atoms with Gasteiger partial charge in [0.05, 0.1) is 13.2 Å². The summed E-state index contributed by atoms with van der Waals surface area (Å²) in [6.07, 6.45) is 0. The summed E-state index contributed by atoms with van der Waals surface area (Å²) >= 11 is 1.66. The second kappa shape index (κ2) is 5.62. The first-order valence-corrected chi connectivity index (χ1v) is 5.22. The van der Waals surface area contributed by atoms with Crippen molar-refractivity contribution in [3.05, 3.63) is 21.9 Å². The molecule has 2 amide bonds. The average Bonchev–Trinajstić information content (AvgIpc) is 2.58. The number of carbonyl (C=O) groups is 1. The topological polar surface area (TPSA) is 61.4 Å². The van der Waals surface area contributed by atoms with Gasteiger partial charge in [-0.1, -0.05) is 0 Å². The maximum absolute atomic E-state index is 11.1. The van der Waals surface area contributed by atoms with Gasteiger partial charge in [-0.25, -0.2) is 4.79 Å². The van der Waals surface area contributed by atoms with Crippen molar-refractivity contribution in [1.82, 2.24) is 10.6 Å². The van der Waals surface area contributed by atoms with Gasteiger partial charge in [-0.05, 0) is 19.1 Å². The Labute approximate surface area is 87.0 Å². The number of amides is 2. The predicted molar refractivity (Wildman–Crippen MR) is 56.4 cm³/mol. The number of thiophene rings is 1. The molecule has 5 heteroatoms. The zero-order chi connectivity index (χ0) is 10.4. The molecule has 0 atom stereocenters. The fraction of sp³-hybridized carbons (Fsp3) is 0.444. The normalized spacial score (nSPS) is 9.86. The highest BCUT2D eigenvalue weighted by Crippen LogP contribution is 2.14. The van der Waals surface area contributed by atoms with Crippen LogP contribution in [0.5, 0.6) is 0 Å². The number of urea groups is 1. The molecule has 1 aromatic heterocycles. The number of carbonyl (C=O) groups excluding carboxylic acids is 1. The summed E-state index contributed by atoms with van der Waals surface area (Å²) in [6.45, 7) is 2.82. The highest BCUT2D eigenvalue weighted by atomic mass is 32.1. The lowest BCUT2D eigenvalue weighted by Crippen LogP contribution is -2.36. The van der Waals surface area contributed by atoms with E-state index in [1.807, 2.05) is 19.1 Å². The molecule has 1 rings (SSSR count). The van der Waals surface area contributed by atoms with Crippen LogP contribution in [-0.4, -0.2) is 24.3 Å². The Morgan fingerprint density at radius 3 is 2.86 bits per heavy atom. The number of aliphatic hydroxyl groups is 1. The van der Waals surface area contributed by atoms with E-state index in [2.05, 4.69) is 10.6 Å². The van der Waals surface area contributed by atoms with Gasteiger partial charge >= 0.3 is 6.03 Å². The standard InChI is InChI=1S/C9H14N2O2S/c1-7-2-3-8(14-7)6-11-9(13)10-4-5-12/h2-3,12H,4-6H2,1H3,(H2,10,11,13). The molecule has 78 valence electrons. The molecule has 0 fully saturated rings. The first-order valence-electron chi connectivity index (χ1n) is 4.40. The molecular formula is C9H14N2O2S. The minimum atomic E-state index is -0.245. The lowest BCUT2D eigenvalue weighted by Gasteiger charge is -2.04. The lowest BCUT2D eigenvalue weighted by molar-refractivity contribution is 0.234. The van der Waals surface area contributed by atoms with Crippen LogP contribution in [0, 0.1) is 6.92 Å². The summed E-state index contributed by atoms with van der Waals surface area (Å²) in [5.41, 5.74) is 0. The number of hydrogen-bond acceptors (Lipinski definition) is 3. The van der Waals surface area contributed by atoms with Gasteiger partial charge in [0.1, 0.15) is 0 Å². The smallest absolute Gasteiger partial charge is 0.315 e. The summed E-state index contributed by atoms with van der Waals surface area (Å²) in [4.78, 5) is 13.4. The highest BCUT2D eigenvalue weighted by Gasteiger charge is 2.00. The van der Waals surface area contributed by atoms with E-state index in [4.69, 9.17) is 5.11 Å². The maximum atomic E-state index is 11.1. The first-order chi connectivity index (χ1) is 6.72. The zero-order valence-corrected chi connectivity index (χ0v) is 8.86. The summed E-state index contributed by atoms with van der Waals surface area (Å²) in [5.74, 6) is 0. The Kier molecular flexibility index (Phi) is 4.42. The second-order valence-corrected chi connectivity index (χ2v) is 4.22. The van der Waals surface area contributed by atoms with Crippen molar-refractivity contribution < 1.29 is 9.90 Å². The van der Waals surface area contributed by atoms with Crippen LogP contribution in [0.25, 0.3) is 0 Å². The molecule has 0 unspecified atom stereocenters. The minimum absolute atomic E-state index is 0.0362. The van der Waals surface area contributed by atoms with Crippen molar-refractivity contribution in [2.24, 2.45) is 0 Å². The van der Waals surface area contributed by atoms with Crippen LogP contribution in [0.2, 0.25) is 0 Å². The Bertz CT molecular complexity index is 299. The zero-order valence-electron chi connectivity index (χ0n) is 8.04. The van der Waals surface area contributed by atoms with Crippen molar-refractivity contribution in [2.45, 2.75) is 13.5 Å².